The Morgan fingerprint density at radius 3 is 2.30 bits per heavy atom. The Morgan fingerprint density at radius 1 is 0.926 bits per heavy atom. The average Bonchev–Trinajstić information content (AvgIpc) is 2.64. The molecule has 0 atom stereocenters. The molecule has 1 aromatic carbocycles. The largest absolute Gasteiger partial charge is 0.325 e. The van der Waals surface area contributed by atoms with Crippen LogP contribution in [0, 0.1) is 0 Å². The normalized spacial score (nSPS) is 10.1. The van der Waals surface area contributed by atoms with E-state index in [0.29, 0.717) is 10.7 Å². The number of aromatic nitrogens is 1. The third-order valence-electron chi connectivity index (χ3n) is 3.15. The quantitative estimate of drug-likeness (QED) is 0.592. The fourth-order valence-corrected chi connectivity index (χ4v) is 2.67. The number of carbonyl (C=O) groups is 3. The molecule has 0 bridgehead atoms. The number of thioether (sulfide) groups is 1. The van der Waals surface area contributed by atoms with E-state index in [0.717, 1.165) is 11.8 Å². The lowest BCUT2D eigenvalue weighted by atomic mass is 10.3. The van der Waals surface area contributed by atoms with Crippen molar-refractivity contribution in [3.63, 3.8) is 0 Å². The zero-order chi connectivity index (χ0) is 19.6. The summed E-state index contributed by atoms with van der Waals surface area (Å²) in [5, 5.41) is 3.24. The topological polar surface area (TPSA) is 109 Å². The summed E-state index contributed by atoms with van der Waals surface area (Å²) in [6.45, 7) is -0.212. The van der Waals surface area contributed by atoms with Gasteiger partial charge in [-0.25, -0.2) is 0 Å². The summed E-state index contributed by atoms with van der Waals surface area (Å²) in [4.78, 5) is 46.7. The number of halogens is 1. The minimum atomic E-state index is -0.540. The summed E-state index contributed by atoms with van der Waals surface area (Å²) in [6, 6.07) is 11.2. The van der Waals surface area contributed by atoms with Crippen LogP contribution in [0.2, 0.25) is 5.02 Å². The molecule has 0 fully saturated rings. The van der Waals surface area contributed by atoms with Gasteiger partial charge < -0.3 is 9.88 Å². The van der Waals surface area contributed by atoms with Crippen LogP contribution in [0.3, 0.4) is 0 Å². The van der Waals surface area contributed by atoms with E-state index in [-0.39, 0.29) is 29.5 Å². The third kappa shape index (κ3) is 7.55. The zero-order valence-electron chi connectivity index (χ0n) is 14.1. The second-order valence-electron chi connectivity index (χ2n) is 5.31. The molecule has 0 radical (unpaired) electrons. The summed E-state index contributed by atoms with van der Waals surface area (Å²) in [5.74, 6) is -1.21. The number of benzene rings is 1. The van der Waals surface area contributed by atoms with Crippen molar-refractivity contribution in [1.29, 1.82) is 0 Å². The first kappa shape index (κ1) is 20.5. The van der Waals surface area contributed by atoms with Crippen molar-refractivity contribution >= 4 is 46.8 Å². The highest BCUT2D eigenvalue weighted by Gasteiger charge is 2.08. The molecule has 1 heterocycles. The lowest BCUT2D eigenvalue weighted by Gasteiger charge is -2.09. The minimum Gasteiger partial charge on any atom is -0.325 e. The van der Waals surface area contributed by atoms with Gasteiger partial charge in [-0.1, -0.05) is 17.7 Å². The number of hydrogen-bond donors (Lipinski definition) is 3. The van der Waals surface area contributed by atoms with Crippen LogP contribution in [0.15, 0.2) is 53.5 Å². The number of rotatable bonds is 7. The molecule has 0 spiro atoms. The van der Waals surface area contributed by atoms with Crippen LogP contribution in [-0.2, 0) is 20.9 Å². The number of hydrazine groups is 1. The van der Waals surface area contributed by atoms with Gasteiger partial charge in [0.05, 0.1) is 11.5 Å². The molecule has 3 N–H and O–H groups in total. The molecule has 0 aliphatic carbocycles. The highest BCUT2D eigenvalue weighted by atomic mass is 35.5. The highest BCUT2D eigenvalue weighted by Crippen LogP contribution is 2.13. The molecule has 1 aromatic heterocycles. The Balaban J connectivity index is 1.63. The molecule has 2 aromatic rings. The van der Waals surface area contributed by atoms with E-state index in [1.807, 2.05) is 0 Å². The Bertz CT molecular complexity index is 870. The summed E-state index contributed by atoms with van der Waals surface area (Å²) < 4.78 is 1.21. The molecule has 10 heteroatoms. The molecule has 0 saturated heterocycles. The van der Waals surface area contributed by atoms with E-state index in [2.05, 4.69) is 16.2 Å². The van der Waals surface area contributed by atoms with Crippen molar-refractivity contribution in [2.75, 3.05) is 16.8 Å². The second-order valence-corrected chi connectivity index (χ2v) is 6.73. The van der Waals surface area contributed by atoms with Gasteiger partial charge >= 0.3 is 0 Å². The van der Waals surface area contributed by atoms with Crippen molar-refractivity contribution in [1.82, 2.24) is 15.4 Å². The molecule has 0 unspecified atom stereocenters. The van der Waals surface area contributed by atoms with Gasteiger partial charge in [0, 0.05) is 23.0 Å². The molecule has 3 amide bonds. The van der Waals surface area contributed by atoms with E-state index in [9.17, 15) is 19.2 Å². The number of anilines is 1. The number of hydrogen-bond acceptors (Lipinski definition) is 5. The number of pyridine rings is 1. The first-order chi connectivity index (χ1) is 12.9. The predicted octanol–water partition coefficient (Wildman–Crippen LogP) is 1.02. The maximum absolute atomic E-state index is 11.8. The van der Waals surface area contributed by atoms with Crippen LogP contribution in [0.5, 0.6) is 0 Å². The van der Waals surface area contributed by atoms with E-state index < -0.39 is 11.8 Å². The van der Waals surface area contributed by atoms with Crippen LogP contribution in [-0.4, -0.2) is 33.8 Å². The van der Waals surface area contributed by atoms with Gasteiger partial charge in [-0.2, -0.15) is 0 Å². The van der Waals surface area contributed by atoms with Crippen molar-refractivity contribution in [3.8, 4) is 0 Å². The number of carbonyl (C=O) groups excluding carboxylic acids is 3. The minimum absolute atomic E-state index is 0.0143. The standard InChI is InChI=1S/C17H17ClN4O4S/c18-12-4-6-13(7-5-12)19-15(24)10-27-11-16(25)21-20-14(23)9-22-8-2-1-3-17(22)26/h1-8H,9-11H2,(H,19,24)(H,20,23)(H,21,25). The van der Waals surface area contributed by atoms with Gasteiger partial charge in [0.25, 0.3) is 11.5 Å². The fraction of sp³-hybridized carbons (Fsp3) is 0.176. The zero-order valence-corrected chi connectivity index (χ0v) is 15.7. The molecule has 142 valence electrons. The van der Waals surface area contributed by atoms with Crippen LogP contribution >= 0.6 is 23.4 Å². The van der Waals surface area contributed by atoms with Gasteiger partial charge in [0.2, 0.25) is 11.8 Å². The average molecular weight is 409 g/mol. The summed E-state index contributed by atoms with van der Waals surface area (Å²) in [6.07, 6.45) is 1.47. The van der Waals surface area contributed by atoms with Crippen LogP contribution in [0.1, 0.15) is 0 Å². The van der Waals surface area contributed by atoms with E-state index in [1.54, 1.807) is 36.4 Å². The first-order valence-electron chi connectivity index (χ1n) is 7.80. The molecule has 0 aliphatic heterocycles. The molecule has 27 heavy (non-hydrogen) atoms. The van der Waals surface area contributed by atoms with Gasteiger partial charge in [-0.05, 0) is 30.3 Å². The lowest BCUT2D eigenvalue weighted by Crippen LogP contribution is -2.44. The lowest BCUT2D eigenvalue weighted by molar-refractivity contribution is -0.128. The van der Waals surface area contributed by atoms with Crippen LogP contribution in [0.25, 0.3) is 0 Å². The fourth-order valence-electron chi connectivity index (χ4n) is 1.93. The van der Waals surface area contributed by atoms with Crippen molar-refractivity contribution in [2.24, 2.45) is 0 Å². The molecule has 8 nitrogen and oxygen atoms in total. The summed E-state index contributed by atoms with van der Waals surface area (Å²) in [7, 11) is 0. The van der Waals surface area contributed by atoms with Gasteiger partial charge in [-0.15, -0.1) is 11.8 Å². The van der Waals surface area contributed by atoms with Gasteiger partial charge in [-0.3, -0.25) is 30.0 Å². The molecule has 0 saturated carbocycles. The van der Waals surface area contributed by atoms with Crippen LogP contribution in [0.4, 0.5) is 5.69 Å². The van der Waals surface area contributed by atoms with Crippen molar-refractivity contribution in [2.45, 2.75) is 6.54 Å². The SMILES string of the molecule is O=C(CSCC(=O)Nc1ccc(Cl)cc1)NNC(=O)Cn1ccccc1=O. The number of nitrogens with zero attached hydrogens (tertiary/aromatic N) is 1. The van der Waals surface area contributed by atoms with E-state index in [4.69, 9.17) is 11.6 Å². The Labute approximate surface area is 164 Å². The Kier molecular flexibility index (Phi) is 7.90. The number of amides is 3. The third-order valence-corrected chi connectivity index (χ3v) is 4.33. The Hall–Kier alpha value is -2.78. The van der Waals surface area contributed by atoms with Crippen molar-refractivity contribution in [3.05, 3.63) is 64.0 Å². The molecular weight excluding hydrogens is 392 g/mol. The highest BCUT2D eigenvalue weighted by molar-refractivity contribution is 8.00. The van der Waals surface area contributed by atoms with Gasteiger partial charge in [0.1, 0.15) is 6.54 Å². The van der Waals surface area contributed by atoms with E-state index in [1.165, 1.54) is 16.8 Å². The van der Waals surface area contributed by atoms with Crippen LogP contribution < -0.4 is 21.7 Å². The molecule has 2 rings (SSSR count). The predicted molar refractivity (Wildman–Crippen MR) is 104 cm³/mol. The maximum Gasteiger partial charge on any atom is 0.258 e. The summed E-state index contributed by atoms with van der Waals surface area (Å²) in [5.41, 5.74) is 4.74. The Morgan fingerprint density at radius 2 is 1.59 bits per heavy atom. The van der Waals surface area contributed by atoms with Gasteiger partial charge in [0.15, 0.2) is 0 Å². The second kappa shape index (κ2) is 10.4. The smallest absolute Gasteiger partial charge is 0.258 e. The van der Waals surface area contributed by atoms with Crippen molar-refractivity contribution < 1.29 is 14.4 Å². The van der Waals surface area contributed by atoms with E-state index >= 15 is 0 Å². The number of nitrogens with one attached hydrogen (secondary N) is 3. The summed E-state index contributed by atoms with van der Waals surface area (Å²) >= 11 is 6.86. The monoisotopic (exact) mass is 408 g/mol. The maximum atomic E-state index is 11.8. The molecular formula is C17H17ClN4O4S. The molecule has 0 aliphatic rings. The first-order valence-corrected chi connectivity index (χ1v) is 9.33.